The summed E-state index contributed by atoms with van der Waals surface area (Å²) in [6, 6.07) is 7.51. The van der Waals surface area contributed by atoms with E-state index in [0.717, 1.165) is 4.88 Å². The number of hydrogen-bond acceptors (Lipinski definition) is 4. The van der Waals surface area contributed by atoms with Crippen molar-refractivity contribution in [1.29, 1.82) is 0 Å². The number of amides is 3. The van der Waals surface area contributed by atoms with E-state index < -0.39 is 12.1 Å². The predicted octanol–water partition coefficient (Wildman–Crippen LogP) is 3.54. The van der Waals surface area contributed by atoms with Crippen molar-refractivity contribution >= 4 is 40.6 Å². The molecule has 0 spiro atoms. The number of carbonyl (C=O) groups excluding carboxylic acids is 2. The van der Waals surface area contributed by atoms with Gasteiger partial charge in [0.1, 0.15) is 5.75 Å². The minimum absolute atomic E-state index is 0.0432. The van der Waals surface area contributed by atoms with Crippen LogP contribution >= 0.6 is 22.9 Å². The van der Waals surface area contributed by atoms with E-state index in [4.69, 9.17) is 22.1 Å². The van der Waals surface area contributed by atoms with Gasteiger partial charge in [-0.05, 0) is 36.6 Å². The average molecular weight is 368 g/mol. The van der Waals surface area contributed by atoms with Crippen LogP contribution in [0.15, 0.2) is 35.7 Å². The van der Waals surface area contributed by atoms with Crippen LogP contribution in [0.25, 0.3) is 0 Å². The normalized spacial score (nSPS) is 11.6. The Morgan fingerprint density at radius 2 is 2.17 bits per heavy atom. The Balaban J connectivity index is 2.11. The summed E-state index contributed by atoms with van der Waals surface area (Å²) < 4.78 is 5.47. The van der Waals surface area contributed by atoms with Crippen LogP contribution in [0.1, 0.15) is 24.3 Å². The number of urea groups is 1. The number of ether oxygens (including phenoxy) is 1. The van der Waals surface area contributed by atoms with E-state index in [1.165, 1.54) is 11.3 Å². The van der Waals surface area contributed by atoms with Gasteiger partial charge in [0.25, 0.3) is 0 Å². The Kier molecular flexibility index (Phi) is 6.45. The fourth-order valence-electron chi connectivity index (χ4n) is 2.15. The Hall–Kier alpha value is -2.25. The lowest BCUT2D eigenvalue weighted by Crippen LogP contribution is -2.34. The van der Waals surface area contributed by atoms with Crippen LogP contribution in [0.2, 0.25) is 5.02 Å². The average Bonchev–Trinajstić information content (AvgIpc) is 3.03. The third-order valence-corrected chi connectivity index (χ3v) is 4.33. The van der Waals surface area contributed by atoms with E-state index in [2.05, 4.69) is 10.6 Å². The molecule has 8 heteroatoms. The highest BCUT2D eigenvalue weighted by Crippen LogP contribution is 2.29. The van der Waals surface area contributed by atoms with Gasteiger partial charge in [0, 0.05) is 9.90 Å². The first-order valence-electron chi connectivity index (χ1n) is 7.31. The van der Waals surface area contributed by atoms with Gasteiger partial charge in [-0.25, -0.2) is 4.79 Å². The molecule has 0 saturated heterocycles. The van der Waals surface area contributed by atoms with Crippen molar-refractivity contribution < 1.29 is 14.3 Å². The minimum Gasteiger partial charge on any atom is -0.492 e. The van der Waals surface area contributed by atoms with Crippen molar-refractivity contribution in [1.82, 2.24) is 5.32 Å². The quantitative estimate of drug-likeness (QED) is 0.698. The maximum atomic E-state index is 12.4. The minimum atomic E-state index is -0.682. The first-order valence-corrected chi connectivity index (χ1v) is 8.57. The van der Waals surface area contributed by atoms with Gasteiger partial charge in [-0.15, -0.1) is 11.3 Å². The Morgan fingerprint density at radius 1 is 1.38 bits per heavy atom. The number of rotatable bonds is 7. The molecule has 0 aliphatic heterocycles. The van der Waals surface area contributed by atoms with Crippen molar-refractivity contribution in [2.24, 2.45) is 5.73 Å². The summed E-state index contributed by atoms with van der Waals surface area (Å²) in [4.78, 5) is 24.4. The molecule has 128 valence electrons. The molecular formula is C16H18ClN3O3S. The van der Waals surface area contributed by atoms with Gasteiger partial charge in [0.15, 0.2) is 0 Å². The number of halogens is 1. The molecule has 1 heterocycles. The van der Waals surface area contributed by atoms with Crippen LogP contribution in [0.5, 0.6) is 5.75 Å². The molecular weight excluding hydrogens is 350 g/mol. The second kappa shape index (κ2) is 8.56. The summed E-state index contributed by atoms with van der Waals surface area (Å²) >= 11 is 7.42. The standard InChI is InChI=1S/C16H18ClN3O3S/c1-2-23-13-6-5-10(17)8-11(13)19-15(21)9-12(20-16(18)22)14-4-3-7-24-14/h3-8,12H,2,9H2,1H3,(H,19,21)(H3,18,20,22)/t12-/m1/s1. The molecule has 0 radical (unpaired) electrons. The fourth-order valence-corrected chi connectivity index (χ4v) is 3.10. The molecule has 0 aliphatic carbocycles. The van der Waals surface area contributed by atoms with Gasteiger partial charge in [0.05, 0.1) is 24.8 Å². The van der Waals surface area contributed by atoms with Crippen molar-refractivity contribution in [2.45, 2.75) is 19.4 Å². The van der Waals surface area contributed by atoms with E-state index in [0.29, 0.717) is 23.1 Å². The summed E-state index contributed by atoms with van der Waals surface area (Å²) in [6.45, 7) is 2.31. The molecule has 2 rings (SSSR count). The summed E-state index contributed by atoms with van der Waals surface area (Å²) in [5.41, 5.74) is 5.68. The van der Waals surface area contributed by atoms with E-state index >= 15 is 0 Å². The highest BCUT2D eigenvalue weighted by Gasteiger charge is 2.19. The largest absolute Gasteiger partial charge is 0.492 e. The van der Waals surface area contributed by atoms with Gasteiger partial charge >= 0.3 is 6.03 Å². The highest BCUT2D eigenvalue weighted by molar-refractivity contribution is 7.10. The number of benzene rings is 1. The Labute approximate surface area is 148 Å². The lowest BCUT2D eigenvalue weighted by molar-refractivity contribution is -0.116. The van der Waals surface area contributed by atoms with Crippen molar-refractivity contribution in [3.8, 4) is 5.75 Å². The van der Waals surface area contributed by atoms with Gasteiger partial charge in [-0.3, -0.25) is 4.79 Å². The number of carbonyl (C=O) groups is 2. The molecule has 24 heavy (non-hydrogen) atoms. The first-order chi connectivity index (χ1) is 11.5. The Morgan fingerprint density at radius 3 is 2.79 bits per heavy atom. The molecule has 1 atom stereocenters. The number of hydrogen-bond donors (Lipinski definition) is 3. The summed E-state index contributed by atoms with van der Waals surface area (Å²) in [5.74, 6) is 0.246. The van der Waals surface area contributed by atoms with E-state index in [1.54, 1.807) is 18.2 Å². The van der Waals surface area contributed by atoms with Gasteiger partial charge < -0.3 is 21.1 Å². The Bertz CT molecular complexity index is 707. The van der Waals surface area contributed by atoms with Crippen LogP contribution in [0.4, 0.5) is 10.5 Å². The number of anilines is 1. The third-order valence-electron chi connectivity index (χ3n) is 3.11. The molecule has 4 N–H and O–H groups in total. The van der Waals surface area contributed by atoms with Crippen molar-refractivity contribution in [3.05, 3.63) is 45.6 Å². The summed E-state index contributed by atoms with van der Waals surface area (Å²) in [7, 11) is 0. The number of primary amides is 1. The van der Waals surface area contributed by atoms with Crippen LogP contribution in [0, 0.1) is 0 Å². The molecule has 0 bridgehead atoms. The second-order valence-electron chi connectivity index (χ2n) is 4.90. The predicted molar refractivity (Wildman–Crippen MR) is 95.6 cm³/mol. The SMILES string of the molecule is CCOc1ccc(Cl)cc1NC(=O)C[C@@H](NC(N)=O)c1cccs1. The molecule has 0 fully saturated rings. The molecule has 0 aliphatic rings. The van der Waals surface area contributed by atoms with Crippen molar-refractivity contribution in [3.63, 3.8) is 0 Å². The topological polar surface area (TPSA) is 93.4 Å². The van der Waals surface area contributed by atoms with Crippen LogP contribution in [-0.2, 0) is 4.79 Å². The molecule has 1 aromatic heterocycles. The lowest BCUT2D eigenvalue weighted by atomic mass is 10.1. The monoisotopic (exact) mass is 367 g/mol. The lowest BCUT2D eigenvalue weighted by Gasteiger charge is -2.17. The van der Waals surface area contributed by atoms with Gasteiger partial charge in [0.2, 0.25) is 5.91 Å². The zero-order chi connectivity index (χ0) is 17.5. The highest BCUT2D eigenvalue weighted by atomic mass is 35.5. The molecule has 6 nitrogen and oxygen atoms in total. The maximum Gasteiger partial charge on any atom is 0.312 e. The molecule has 0 unspecified atom stereocenters. The van der Waals surface area contributed by atoms with Crippen molar-refractivity contribution in [2.75, 3.05) is 11.9 Å². The van der Waals surface area contributed by atoms with Crippen LogP contribution in [0.3, 0.4) is 0 Å². The van der Waals surface area contributed by atoms with E-state index in [9.17, 15) is 9.59 Å². The summed E-state index contributed by atoms with van der Waals surface area (Å²) in [5, 5.41) is 7.70. The van der Waals surface area contributed by atoms with Gasteiger partial charge in [-0.2, -0.15) is 0 Å². The first kappa shape index (κ1) is 18.1. The summed E-state index contributed by atoms with van der Waals surface area (Å²) in [6.07, 6.45) is 0.0432. The van der Waals surface area contributed by atoms with Gasteiger partial charge in [-0.1, -0.05) is 17.7 Å². The fraction of sp³-hybridized carbons (Fsp3) is 0.250. The van der Waals surface area contributed by atoms with E-state index in [1.807, 2.05) is 24.4 Å². The number of thiophene rings is 1. The number of nitrogens with two attached hydrogens (primary N) is 1. The number of nitrogens with one attached hydrogen (secondary N) is 2. The third kappa shape index (κ3) is 5.14. The smallest absolute Gasteiger partial charge is 0.312 e. The molecule has 2 aromatic rings. The molecule has 1 aromatic carbocycles. The van der Waals surface area contributed by atoms with Crippen LogP contribution < -0.4 is 21.1 Å². The second-order valence-corrected chi connectivity index (χ2v) is 6.32. The maximum absolute atomic E-state index is 12.4. The zero-order valence-electron chi connectivity index (χ0n) is 13.0. The molecule has 3 amide bonds. The zero-order valence-corrected chi connectivity index (χ0v) is 14.6. The van der Waals surface area contributed by atoms with Crippen LogP contribution in [-0.4, -0.2) is 18.5 Å². The van der Waals surface area contributed by atoms with E-state index in [-0.39, 0.29) is 12.3 Å². The molecule has 0 saturated carbocycles.